The Morgan fingerprint density at radius 1 is 1.53 bits per heavy atom. The van der Waals surface area contributed by atoms with Crippen LogP contribution in [0.3, 0.4) is 0 Å². The number of hydrogen-bond donors (Lipinski definition) is 2. The van der Waals surface area contributed by atoms with Crippen LogP contribution in [0.5, 0.6) is 0 Å². The third-order valence-corrected chi connectivity index (χ3v) is 2.62. The van der Waals surface area contributed by atoms with Gasteiger partial charge in [0, 0.05) is 11.1 Å². The summed E-state index contributed by atoms with van der Waals surface area (Å²) in [6.45, 7) is 5.88. The van der Waals surface area contributed by atoms with Gasteiger partial charge in [-0.15, -0.1) is 6.58 Å². The molecule has 15 heavy (non-hydrogen) atoms. The molecule has 3 heteroatoms. The highest BCUT2D eigenvalue weighted by Crippen LogP contribution is 2.18. The van der Waals surface area contributed by atoms with Crippen molar-refractivity contribution in [3.63, 3.8) is 0 Å². The third kappa shape index (κ3) is 4.04. The number of nitrogens with two attached hydrogens (primary N) is 1. The van der Waals surface area contributed by atoms with Gasteiger partial charge in [-0.1, -0.05) is 35.4 Å². The molecule has 0 aliphatic carbocycles. The summed E-state index contributed by atoms with van der Waals surface area (Å²) in [5.74, 6) is 5.48. The summed E-state index contributed by atoms with van der Waals surface area (Å²) in [6, 6.07) is 8.02. The van der Waals surface area contributed by atoms with Crippen LogP contribution in [0, 0.1) is 0 Å². The van der Waals surface area contributed by atoms with Crippen molar-refractivity contribution < 1.29 is 0 Å². The molecule has 1 atom stereocenters. The molecule has 3 N–H and O–H groups in total. The van der Waals surface area contributed by atoms with Crippen LogP contribution >= 0.6 is 11.6 Å². The van der Waals surface area contributed by atoms with E-state index in [-0.39, 0.29) is 6.04 Å². The molecular weight excluding hydrogens is 208 g/mol. The van der Waals surface area contributed by atoms with E-state index >= 15 is 0 Å². The fourth-order valence-electron chi connectivity index (χ4n) is 1.54. The van der Waals surface area contributed by atoms with Gasteiger partial charge in [0.1, 0.15) is 0 Å². The monoisotopic (exact) mass is 224 g/mol. The molecule has 0 spiro atoms. The lowest BCUT2D eigenvalue weighted by Crippen LogP contribution is -2.36. The van der Waals surface area contributed by atoms with Crippen molar-refractivity contribution >= 4 is 11.6 Å². The van der Waals surface area contributed by atoms with Gasteiger partial charge in [0.25, 0.3) is 0 Å². The van der Waals surface area contributed by atoms with E-state index in [9.17, 15) is 0 Å². The van der Waals surface area contributed by atoms with E-state index in [0.29, 0.717) is 0 Å². The molecule has 0 saturated heterocycles. The Bertz CT molecular complexity index is 336. The number of hydrazine groups is 1. The van der Waals surface area contributed by atoms with Crippen LogP contribution in [0.1, 0.15) is 18.9 Å². The number of rotatable bonds is 5. The van der Waals surface area contributed by atoms with E-state index in [4.69, 9.17) is 17.4 Å². The first kappa shape index (κ1) is 12.2. The number of hydrogen-bond acceptors (Lipinski definition) is 2. The predicted molar refractivity (Wildman–Crippen MR) is 65.7 cm³/mol. The molecule has 0 heterocycles. The molecule has 0 amide bonds. The topological polar surface area (TPSA) is 38.0 Å². The fraction of sp³-hybridized carbons (Fsp3) is 0.333. The molecule has 1 aromatic rings. The highest BCUT2D eigenvalue weighted by molar-refractivity contribution is 6.31. The van der Waals surface area contributed by atoms with Crippen molar-refractivity contribution in [2.24, 2.45) is 5.84 Å². The lowest BCUT2D eigenvalue weighted by molar-refractivity contribution is 0.521. The zero-order valence-electron chi connectivity index (χ0n) is 8.96. The van der Waals surface area contributed by atoms with Gasteiger partial charge in [0.2, 0.25) is 0 Å². The zero-order valence-corrected chi connectivity index (χ0v) is 9.72. The summed E-state index contributed by atoms with van der Waals surface area (Å²) >= 11 is 6.07. The molecule has 0 aliphatic heterocycles. The second-order valence-corrected chi connectivity index (χ2v) is 4.23. The molecule has 0 saturated carbocycles. The van der Waals surface area contributed by atoms with Gasteiger partial charge in [0.15, 0.2) is 0 Å². The zero-order chi connectivity index (χ0) is 11.3. The van der Waals surface area contributed by atoms with E-state index in [0.717, 1.165) is 29.0 Å². The summed E-state index contributed by atoms with van der Waals surface area (Å²) < 4.78 is 0. The maximum Gasteiger partial charge on any atom is 0.0438 e. The minimum atomic E-state index is 0.197. The lowest BCUT2D eigenvalue weighted by atomic mass is 10.0. The van der Waals surface area contributed by atoms with Gasteiger partial charge in [-0.25, -0.2) is 0 Å². The minimum Gasteiger partial charge on any atom is -0.271 e. The number of benzene rings is 1. The Morgan fingerprint density at radius 3 is 2.73 bits per heavy atom. The van der Waals surface area contributed by atoms with Crippen molar-refractivity contribution in [3.05, 3.63) is 47.0 Å². The number of halogens is 1. The van der Waals surface area contributed by atoms with Crippen LogP contribution < -0.4 is 11.3 Å². The standard InChI is InChI=1S/C12H17ClN2/c1-9(2)7-11(15-14)8-10-5-3-4-6-12(10)13/h3-6,11,15H,1,7-8,14H2,2H3. The Morgan fingerprint density at radius 2 is 2.20 bits per heavy atom. The van der Waals surface area contributed by atoms with E-state index < -0.39 is 0 Å². The summed E-state index contributed by atoms with van der Waals surface area (Å²) in [6.07, 6.45) is 1.69. The molecular formula is C12H17ClN2. The molecule has 82 valence electrons. The van der Waals surface area contributed by atoms with Crippen molar-refractivity contribution in [2.75, 3.05) is 0 Å². The second kappa shape index (κ2) is 5.91. The molecule has 0 radical (unpaired) electrons. The summed E-state index contributed by atoms with van der Waals surface area (Å²) in [5, 5.41) is 0.791. The van der Waals surface area contributed by atoms with Gasteiger partial charge >= 0.3 is 0 Å². The molecule has 2 nitrogen and oxygen atoms in total. The molecule has 1 aromatic carbocycles. The van der Waals surface area contributed by atoms with E-state index in [1.807, 2.05) is 31.2 Å². The molecule has 0 fully saturated rings. The Labute approximate surface area is 96.1 Å². The van der Waals surface area contributed by atoms with Crippen LogP contribution in [0.25, 0.3) is 0 Å². The van der Waals surface area contributed by atoms with Crippen LogP contribution in [0.4, 0.5) is 0 Å². The average molecular weight is 225 g/mol. The van der Waals surface area contributed by atoms with E-state index in [2.05, 4.69) is 12.0 Å². The minimum absolute atomic E-state index is 0.197. The van der Waals surface area contributed by atoms with Crippen molar-refractivity contribution in [2.45, 2.75) is 25.8 Å². The van der Waals surface area contributed by atoms with Gasteiger partial charge in [-0.2, -0.15) is 0 Å². The first-order valence-corrected chi connectivity index (χ1v) is 5.35. The van der Waals surface area contributed by atoms with Crippen molar-refractivity contribution in [1.82, 2.24) is 5.43 Å². The maximum absolute atomic E-state index is 6.07. The highest BCUT2D eigenvalue weighted by Gasteiger charge is 2.09. The molecule has 0 aliphatic rings. The quantitative estimate of drug-likeness (QED) is 0.459. The second-order valence-electron chi connectivity index (χ2n) is 3.82. The maximum atomic E-state index is 6.07. The Balaban J connectivity index is 2.66. The van der Waals surface area contributed by atoms with Crippen LogP contribution in [-0.4, -0.2) is 6.04 Å². The van der Waals surface area contributed by atoms with Crippen molar-refractivity contribution in [1.29, 1.82) is 0 Å². The highest BCUT2D eigenvalue weighted by atomic mass is 35.5. The summed E-state index contributed by atoms with van der Waals surface area (Å²) in [7, 11) is 0. The third-order valence-electron chi connectivity index (χ3n) is 2.25. The molecule has 1 rings (SSSR count). The molecule has 0 bridgehead atoms. The van der Waals surface area contributed by atoms with E-state index in [1.165, 1.54) is 0 Å². The first-order chi connectivity index (χ1) is 7.13. The first-order valence-electron chi connectivity index (χ1n) is 4.97. The fourth-order valence-corrected chi connectivity index (χ4v) is 1.75. The largest absolute Gasteiger partial charge is 0.271 e. The van der Waals surface area contributed by atoms with Crippen LogP contribution in [0.2, 0.25) is 5.02 Å². The lowest BCUT2D eigenvalue weighted by Gasteiger charge is -2.16. The van der Waals surface area contributed by atoms with Gasteiger partial charge in [-0.05, 0) is 31.4 Å². The Kier molecular flexibility index (Phi) is 4.82. The smallest absolute Gasteiger partial charge is 0.0438 e. The van der Waals surface area contributed by atoms with Crippen molar-refractivity contribution in [3.8, 4) is 0 Å². The SMILES string of the molecule is C=C(C)CC(Cc1ccccc1Cl)NN. The van der Waals surface area contributed by atoms with Gasteiger partial charge < -0.3 is 0 Å². The van der Waals surface area contributed by atoms with E-state index in [1.54, 1.807) is 0 Å². The van der Waals surface area contributed by atoms with Crippen LogP contribution in [0.15, 0.2) is 36.4 Å². The number of nitrogens with one attached hydrogen (secondary N) is 1. The summed E-state index contributed by atoms with van der Waals surface area (Å²) in [5.41, 5.74) is 5.02. The Hall–Kier alpha value is -0.830. The van der Waals surface area contributed by atoms with Gasteiger partial charge in [0.05, 0.1) is 0 Å². The summed E-state index contributed by atoms with van der Waals surface area (Å²) in [4.78, 5) is 0. The molecule has 0 aromatic heterocycles. The van der Waals surface area contributed by atoms with Crippen LogP contribution in [-0.2, 0) is 6.42 Å². The predicted octanol–water partition coefficient (Wildman–Crippen LogP) is 2.68. The van der Waals surface area contributed by atoms with Gasteiger partial charge in [-0.3, -0.25) is 11.3 Å². The normalized spacial score (nSPS) is 12.5. The average Bonchev–Trinajstić information content (AvgIpc) is 2.19. The molecule has 1 unspecified atom stereocenters.